The van der Waals surface area contributed by atoms with E-state index in [0.29, 0.717) is 11.8 Å². The molecule has 3 rings (SSSR count). The highest BCUT2D eigenvalue weighted by atomic mass is 16.3. The zero-order valence-electron chi connectivity index (χ0n) is 12.2. The van der Waals surface area contributed by atoms with E-state index in [1.54, 1.807) is 0 Å². The van der Waals surface area contributed by atoms with E-state index in [2.05, 4.69) is 25.1 Å². The SMILES string of the molecule is CC1CCC(C#N)(C(O)c2cccc(C3CC3)c2)CC1. The lowest BCUT2D eigenvalue weighted by molar-refractivity contribution is 0.0266. The predicted molar refractivity (Wildman–Crippen MR) is 79.1 cm³/mol. The lowest BCUT2D eigenvalue weighted by Gasteiger charge is -2.37. The topological polar surface area (TPSA) is 44.0 Å². The van der Waals surface area contributed by atoms with Crippen molar-refractivity contribution in [3.8, 4) is 6.07 Å². The van der Waals surface area contributed by atoms with Crippen LogP contribution in [0.5, 0.6) is 0 Å². The maximum absolute atomic E-state index is 10.8. The fourth-order valence-corrected chi connectivity index (χ4v) is 3.44. The van der Waals surface area contributed by atoms with Crippen LogP contribution in [-0.2, 0) is 0 Å². The second kappa shape index (κ2) is 5.22. The monoisotopic (exact) mass is 269 g/mol. The van der Waals surface area contributed by atoms with Crippen molar-refractivity contribution in [3.05, 3.63) is 35.4 Å². The molecular formula is C18H23NO. The van der Waals surface area contributed by atoms with Crippen LogP contribution in [0.15, 0.2) is 24.3 Å². The Morgan fingerprint density at radius 1 is 1.25 bits per heavy atom. The second-order valence-corrected chi connectivity index (χ2v) is 6.80. The maximum atomic E-state index is 10.8. The van der Waals surface area contributed by atoms with Crippen LogP contribution in [0.25, 0.3) is 0 Å². The van der Waals surface area contributed by atoms with Crippen LogP contribution < -0.4 is 0 Å². The Bertz CT molecular complexity index is 518. The van der Waals surface area contributed by atoms with Crippen LogP contribution in [0, 0.1) is 22.7 Å². The zero-order chi connectivity index (χ0) is 14.2. The van der Waals surface area contributed by atoms with Gasteiger partial charge in [-0.05, 0) is 61.5 Å². The normalized spacial score (nSPS) is 31.6. The number of hydrogen-bond acceptors (Lipinski definition) is 2. The number of aliphatic hydroxyl groups excluding tert-OH is 1. The largest absolute Gasteiger partial charge is 0.387 e. The van der Waals surface area contributed by atoms with Gasteiger partial charge >= 0.3 is 0 Å². The third-order valence-electron chi connectivity index (χ3n) is 5.19. The first-order valence-corrected chi connectivity index (χ1v) is 7.84. The summed E-state index contributed by atoms with van der Waals surface area (Å²) in [5.74, 6) is 1.37. The summed E-state index contributed by atoms with van der Waals surface area (Å²) in [6.45, 7) is 2.24. The molecule has 1 aromatic rings. The lowest BCUT2D eigenvalue weighted by atomic mass is 9.67. The summed E-state index contributed by atoms with van der Waals surface area (Å²) < 4.78 is 0. The van der Waals surface area contributed by atoms with Crippen molar-refractivity contribution in [3.63, 3.8) is 0 Å². The van der Waals surface area contributed by atoms with Crippen molar-refractivity contribution in [2.45, 2.75) is 57.5 Å². The van der Waals surface area contributed by atoms with E-state index in [1.165, 1.54) is 18.4 Å². The van der Waals surface area contributed by atoms with Gasteiger partial charge in [0.15, 0.2) is 0 Å². The standard InChI is InChI=1S/C18H23NO/c1-13-7-9-18(12-19,10-8-13)17(20)16-4-2-3-15(11-16)14-5-6-14/h2-4,11,13-14,17,20H,5-10H2,1H3. The summed E-state index contributed by atoms with van der Waals surface area (Å²) in [6.07, 6.45) is 5.62. The molecule has 1 N–H and O–H groups in total. The Hall–Kier alpha value is -1.33. The van der Waals surface area contributed by atoms with E-state index in [4.69, 9.17) is 0 Å². The van der Waals surface area contributed by atoms with Gasteiger partial charge in [-0.25, -0.2) is 0 Å². The van der Waals surface area contributed by atoms with Crippen molar-refractivity contribution < 1.29 is 5.11 Å². The summed E-state index contributed by atoms with van der Waals surface area (Å²) in [7, 11) is 0. The lowest BCUT2D eigenvalue weighted by Crippen LogP contribution is -2.32. The molecule has 1 unspecified atom stereocenters. The average molecular weight is 269 g/mol. The van der Waals surface area contributed by atoms with Gasteiger partial charge in [-0.15, -0.1) is 0 Å². The second-order valence-electron chi connectivity index (χ2n) is 6.80. The van der Waals surface area contributed by atoms with Gasteiger partial charge in [-0.2, -0.15) is 5.26 Å². The van der Waals surface area contributed by atoms with Gasteiger partial charge < -0.3 is 5.11 Å². The number of benzene rings is 1. The molecule has 2 fully saturated rings. The molecule has 0 aromatic heterocycles. The fraction of sp³-hybridized carbons (Fsp3) is 0.611. The average Bonchev–Trinajstić information content (AvgIpc) is 3.33. The molecule has 0 heterocycles. The molecular weight excluding hydrogens is 246 g/mol. The molecule has 1 aromatic carbocycles. The van der Waals surface area contributed by atoms with Crippen LogP contribution in [0.3, 0.4) is 0 Å². The number of rotatable bonds is 3. The Balaban J connectivity index is 1.84. The fourth-order valence-electron chi connectivity index (χ4n) is 3.44. The van der Waals surface area contributed by atoms with Crippen molar-refractivity contribution >= 4 is 0 Å². The maximum Gasteiger partial charge on any atom is 0.0976 e. The van der Waals surface area contributed by atoms with Crippen LogP contribution in [-0.4, -0.2) is 5.11 Å². The first-order chi connectivity index (χ1) is 9.64. The van der Waals surface area contributed by atoms with E-state index in [9.17, 15) is 10.4 Å². The Kier molecular flexibility index (Phi) is 3.56. The van der Waals surface area contributed by atoms with Crippen LogP contribution in [0.2, 0.25) is 0 Å². The number of nitrogens with zero attached hydrogens (tertiary/aromatic N) is 1. The van der Waals surface area contributed by atoms with E-state index < -0.39 is 11.5 Å². The first kappa shape index (κ1) is 13.6. The smallest absolute Gasteiger partial charge is 0.0976 e. The number of hydrogen-bond donors (Lipinski definition) is 1. The molecule has 2 nitrogen and oxygen atoms in total. The van der Waals surface area contributed by atoms with Crippen LogP contribution in [0.1, 0.15) is 68.6 Å². The van der Waals surface area contributed by atoms with Crippen molar-refractivity contribution in [2.75, 3.05) is 0 Å². The third kappa shape index (κ3) is 2.47. The third-order valence-corrected chi connectivity index (χ3v) is 5.19. The molecule has 2 saturated carbocycles. The molecule has 20 heavy (non-hydrogen) atoms. The molecule has 2 heteroatoms. The molecule has 0 aliphatic heterocycles. The Labute approximate surface area is 121 Å². The summed E-state index contributed by atoms with van der Waals surface area (Å²) in [5, 5.41) is 20.4. The Morgan fingerprint density at radius 3 is 2.55 bits per heavy atom. The van der Waals surface area contributed by atoms with Crippen molar-refractivity contribution in [1.29, 1.82) is 5.26 Å². The van der Waals surface area contributed by atoms with Gasteiger partial charge in [0.25, 0.3) is 0 Å². The molecule has 2 aliphatic carbocycles. The van der Waals surface area contributed by atoms with E-state index in [1.807, 2.05) is 12.1 Å². The van der Waals surface area contributed by atoms with Gasteiger partial charge in [0.2, 0.25) is 0 Å². The molecule has 0 spiro atoms. The molecule has 2 aliphatic rings. The summed E-state index contributed by atoms with van der Waals surface area (Å²) in [4.78, 5) is 0. The minimum absolute atomic E-state index is 0.575. The van der Waals surface area contributed by atoms with Gasteiger partial charge in [-0.3, -0.25) is 0 Å². The van der Waals surface area contributed by atoms with E-state index >= 15 is 0 Å². The van der Waals surface area contributed by atoms with Gasteiger partial charge in [0, 0.05) is 0 Å². The van der Waals surface area contributed by atoms with Gasteiger partial charge in [0.05, 0.1) is 17.6 Å². The summed E-state index contributed by atoms with van der Waals surface area (Å²) in [5.41, 5.74) is 1.69. The predicted octanol–water partition coefficient (Wildman–Crippen LogP) is 4.32. The van der Waals surface area contributed by atoms with Crippen LogP contribution in [0.4, 0.5) is 0 Å². The van der Waals surface area contributed by atoms with Crippen molar-refractivity contribution in [1.82, 2.24) is 0 Å². The molecule has 0 amide bonds. The molecule has 106 valence electrons. The minimum atomic E-state index is -0.640. The van der Waals surface area contributed by atoms with Crippen LogP contribution >= 0.6 is 0 Å². The molecule has 0 saturated heterocycles. The highest BCUT2D eigenvalue weighted by Crippen LogP contribution is 2.48. The van der Waals surface area contributed by atoms with Gasteiger partial charge in [0.1, 0.15) is 0 Å². The van der Waals surface area contributed by atoms with Crippen molar-refractivity contribution in [2.24, 2.45) is 11.3 Å². The van der Waals surface area contributed by atoms with Gasteiger partial charge in [-0.1, -0.05) is 31.2 Å². The number of nitriles is 1. The number of aliphatic hydroxyl groups is 1. The summed E-state index contributed by atoms with van der Waals surface area (Å²) in [6, 6.07) is 10.7. The Morgan fingerprint density at radius 2 is 1.95 bits per heavy atom. The zero-order valence-corrected chi connectivity index (χ0v) is 12.2. The quantitative estimate of drug-likeness (QED) is 0.888. The molecule has 1 atom stereocenters. The summed E-state index contributed by atoms with van der Waals surface area (Å²) >= 11 is 0. The highest BCUT2D eigenvalue weighted by Gasteiger charge is 2.41. The van der Waals surface area contributed by atoms with E-state index in [0.717, 1.165) is 31.2 Å². The molecule has 0 radical (unpaired) electrons. The first-order valence-electron chi connectivity index (χ1n) is 7.84. The minimum Gasteiger partial charge on any atom is -0.387 e. The highest BCUT2D eigenvalue weighted by molar-refractivity contribution is 5.32. The van der Waals surface area contributed by atoms with E-state index in [-0.39, 0.29) is 0 Å². The molecule has 0 bridgehead atoms.